The van der Waals surface area contributed by atoms with Crippen LogP contribution >= 0.6 is 0 Å². The molecule has 1 saturated carbocycles. The maximum absolute atomic E-state index is 12.5. The van der Waals surface area contributed by atoms with E-state index in [1.807, 2.05) is 9.80 Å². The fourth-order valence-electron chi connectivity index (χ4n) is 3.61. The molecule has 0 atom stereocenters. The van der Waals surface area contributed by atoms with Crippen molar-refractivity contribution in [2.45, 2.75) is 38.5 Å². The summed E-state index contributed by atoms with van der Waals surface area (Å²) in [4.78, 5) is 28.7. The van der Waals surface area contributed by atoms with Gasteiger partial charge in [-0.05, 0) is 25.2 Å². The first kappa shape index (κ1) is 16.0. The summed E-state index contributed by atoms with van der Waals surface area (Å²) in [6, 6.07) is 0. The average Bonchev–Trinajstić information content (AvgIpc) is 3.12. The van der Waals surface area contributed by atoms with E-state index in [9.17, 15) is 9.59 Å². The van der Waals surface area contributed by atoms with Gasteiger partial charge in [0.25, 0.3) is 5.91 Å². The van der Waals surface area contributed by atoms with Crippen LogP contribution in [0.4, 0.5) is 0 Å². The fourth-order valence-corrected chi connectivity index (χ4v) is 3.61. The molecule has 2 fully saturated rings. The number of aryl methyl sites for hydroxylation is 1. The van der Waals surface area contributed by atoms with Gasteiger partial charge in [0, 0.05) is 39.6 Å². The summed E-state index contributed by atoms with van der Waals surface area (Å²) >= 11 is 0. The van der Waals surface area contributed by atoms with Gasteiger partial charge in [-0.2, -0.15) is 0 Å². The molecule has 2 aliphatic rings. The van der Waals surface area contributed by atoms with Gasteiger partial charge in [0.05, 0.1) is 6.20 Å². The van der Waals surface area contributed by atoms with E-state index in [1.165, 1.54) is 36.6 Å². The molecule has 1 aromatic heterocycles. The maximum Gasteiger partial charge on any atom is 0.273 e. The highest BCUT2D eigenvalue weighted by atomic mass is 16.2. The Bertz CT molecular complexity index is 565. The van der Waals surface area contributed by atoms with Crippen LogP contribution in [0, 0.1) is 5.92 Å². The van der Waals surface area contributed by atoms with Crippen LogP contribution in [0.1, 0.15) is 49.0 Å². The molecular formula is C16H25N5O2. The molecule has 2 heterocycles. The summed E-state index contributed by atoms with van der Waals surface area (Å²) < 4.78 is 1.50. The first-order chi connectivity index (χ1) is 11.1. The van der Waals surface area contributed by atoms with Gasteiger partial charge in [-0.25, -0.2) is 4.68 Å². The monoisotopic (exact) mass is 319 g/mol. The van der Waals surface area contributed by atoms with Crippen LogP contribution in [-0.2, 0) is 11.8 Å². The minimum atomic E-state index is -0.0532. The van der Waals surface area contributed by atoms with E-state index >= 15 is 0 Å². The van der Waals surface area contributed by atoms with Crippen LogP contribution in [0.5, 0.6) is 0 Å². The number of carbonyl (C=O) groups is 2. The predicted octanol–water partition coefficient (Wildman–Crippen LogP) is 1.07. The number of amides is 2. The summed E-state index contributed by atoms with van der Waals surface area (Å²) in [7, 11) is 1.72. The normalized spacial score (nSPS) is 19.9. The number of hydrogen-bond donors (Lipinski definition) is 0. The van der Waals surface area contributed by atoms with E-state index in [0.717, 1.165) is 13.0 Å². The highest BCUT2D eigenvalue weighted by Gasteiger charge is 2.26. The molecular weight excluding hydrogens is 294 g/mol. The highest BCUT2D eigenvalue weighted by molar-refractivity contribution is 5.92. The topological polar surface area (TPSA) is 71.3 Å². The molecule has 1 saturated heterocycles. The minimum Gasteiger partial charge on any atom is -0.341 e. The van der Waals surface area contributed by atoms with E-state index in [1.54, 1.807) is 7.05 Å². The van der Waals surface area contributed by atoms with Gasteiger partial charge in [0.15, 0.2) is 0 Å². The summed E-state index contributed by atoms with van der Waals surface area (Å²) in [6.07, 6.45) is 7.91. The molecule has 0 bridgehead atoms. The van der Waals surface area contributed by atoms with E-state index in [-0.39, 0.29) is 11.8 Å². The quantitative estimate of drug-likeness (QED) is 0.835. The largest absolute Gasteiger partial charge is 0.341 e. The Balaban J connectivity index is 1.55. The Morgan fingerprint density at radius 1 is 1.09 bits per heavy atom. The summed E-state index contributed by atoms with van der Waals surface area (Å²) in [5.74, 6) is 0.778. The zero-order valence-corrected chi connectivity index (χ0v) is 13.8. The molecule has 7 heteroatoms. The first-order valence-corrected chi connectivity index (χ1v) is 8.57. The molecule has 0 N–H and O–H groups in total. The van der Waals surface area contributed by atoms with Crippen LogP contribution in [0.15, 0.2) is 6.20 Å². The Morgan fingerprint density at radius 3 is 2.48 bits per heavy atom. The SMILES string of the molecule is Cn1nncc1C(=O)N1CCCN(C(=O)CC2CCCC2)CC1. The summed E-state index contributed by atoms with van der Waals surface area (Å²) in [5.41, 5.74) is 0.496. The molecule has 126 valence electrons. The number of carbonyl (C=O) groups excluding carboxylic acids is 2. The number of aromatic nitrogens is 3. The van der Waals surface area contributed by atoms with Crippen molar-refractivity contribution in [2.75, 3.05) is 26.2 Å². The molecule has 0 aromatic carbocycles. The van der Waals surface area contributed by atoms with Crippen molar-refractivity contribution in [1.82, 2.24) is 24.8 Å². The zero-order valence-electron chi connectivity index (χ0n) is 13.8. The van der Waals surface area contributed by atoms with Gasteiger partial charge in [0.2, 0.25) is 5.91 Å². The van der Waals surface area contributed by atoms with Gasteiger partial charge < -0.3 is 9.80 Å². The third kappa shape index (κ3) is 3.71. The lowest BCUT2D eigenvalue weighted by molar-refractivity contribution is -0.132. The second-order valence-electron chi connectivity index (χ2n) is 6.62. The lowest BCUT2D eigenvalue weighted by Gasteiger charge is -2.23. The Kier molecular flexibility index (Phi) is 4.93. The van der Waals surface area contributed by atoms with Crippen molar-refractivity contribution < 1.29 is 9.59 Å². The predicted molar refractivity (Wildman–Crippen MR) is 84.7 cm³/mol. The van der Waals surface area contributed by atoms with Gasteiger partial charge in [0.1, 0.15) is 5.69 Å². The van der Waals surface area contributed by atoms with Crippen molar-refractivity contribution in [3.05, 3.63) is 11.9 Å². The van der Waals surface area contributed by atoms with Crippen molar-refractivity contribution in [3.8, 4) is 0 Å². The van der Waals surface area contributed by atoms with Crippen molar-refractivity contribution in [2.24, 2.45) is 13.0 Å². The van der Waals surface area contributed by atoms with Gasteiger partial charge in [-0.15, -0.1) is 5.10 Å². The number of hydrogen-bond acceptors (Lipinski definition) is 4. The molecule has 7 nitrogen and oxygen atoms in total. The third-order valence-electron chi connectivity index (χ3n) is 5.01. The lowest BCUT2D eigenvalue weighted by Crippen LogP contribution is -2.38. The number of nitrogens with zero attached hydrogens (tertiary/aromatic N) is 5. The summed E-state index contributed by atoms with van der Waals surface area (Å²) in [6.45, 7) is 2.64. The Hall–Kier alpha value is -1.92. The molecule has 0 unspecified atom stereocenters. The van der Waals surface area contributed by atoms with E-state index in [0.29, 0.717) is 37.7 Å². The van der Waals surface area contributed by atoms with E-state index in [4.69, 9.17) is 0 Å². The van der Waals surface area contributed by atoms with Crippen molar-refractivity contribution in [1.29, 1.82) is 0 Å². The highest BCUT2D eigenvalue weighted by Crippen LogP contribution is 2.28. The molecule has 2 amide bonds. The van der Waals surface area contributed by atoms with Crippen molar-refractivity contribution >= 4 is 11.8 Å². The van der Waals surface area contributed by atoms with E-state index < -0.39 is 0 Å². The van der Waals surface area contributed by atoms with Crippen LogP contribution in [0.3, 0.4) is 0 Å². The van der Waals surface area contributed by atoms with Crippen molar-refractivity contribution in [3.63, 3.8) is 0 Å². The molecule has 0 spiro atoms. The average molecular weight is 319 g/mol. The smallest absolute Gasteiger partial charge is 0.273 e. The molecule has 0 radical (unpaired) electrons. The van der Waals surface area contributed by atoms with E-state index in [2.05, 4.69) is 10.3 Å². The van der Waals surface area contributed by atoms with Gasteiger partial charge in [-0.1, -0.05) is 18.1 Å². The fraction of sp³-hybridized carbons (Fsp3) is 0.750. The molecule has 23 heavy (non-hydrogen) atoms. The second-order valence-corrected chi connectivity index (χ2v) is 6.62. The third-order valence-corrected chi connectivity index (χ3v) is 5.01. The Morgan fingerprint density at radius 2 is 1.78 bits per heavy atom. The summed E-state index contributed by atoms with van der Waals surface area (Å²) in [5, 5.41) is 7.57. The Labute approximate surface area is 136 Å². The number of rotatable bonds is 3. The lowest BCUT2D eigenvalue weighted by atomic mass is 10.0. The standard InChI is InChI=1S/C16H25N5O2/c1-19-14(12-17-18-19)16(23)21-8-4-7-20(9-10-21)15(22)11-13-5-2-3-6-13/h12-13H,2-11H2,1H3. The maximum atomic E-state index is 12.5. The zero-order chi connectivity index (χ0) is 16.2. The molecule has 1 aliphatic carbocycles. The second kappa shape index (κ2) is 7.10. The molecule has 1 aromatic rings. The van der Waals surface area contributed by atoms with Crippen LogP contribution in [0.25, 0.3) is 0 Å². The van der Waals surface area contributed by atoms with Crippen LogP contribution in [0.2, 0.25) is 0 Å². The molecule has 1 aliphatic heterocycles. The van der Waals surface area contributed by atoms with Gasteiger partial charge in [-0.3, -0.25) is 9.59 Å². The molecule has 3 rings (SSSR count). The minimum absolute atomic E-state index is 0.0532. The first-order valence-electron chi connectivity index (χ1n) is 8.57. The van der Waals surface area contributed by atoms with Crippen LogP contribution < -0.4 is 0 Å². The van der Waals surface area contributed by atoms with Gasteiger partial charge >= 0.3 is 0 Å². The van der Waals surface area contributed by atoms with Crippen LogP contribution in [-0.4, -0.2) is 62.8 Å².